The van der Waals surface area contributed by atoms with Crippen molar-refractivity contribution in [2.45, 2.75) is 13.3 Å². The van der Waals surface area contributed by atoms with E-state index in [4.69, 9.17) is 0 Å². The molecule has 2 aromatic heterocycles. The summed E-state index contributed by atoms with van der Waals surface area (Å²) in [6.45, 7) is 2.96. The van der Waals surface area contributed by atoms with Crippen molar-refractivity contribution in [2.75, 3.05) is 11.9 Å². The zero-order chi connectivity index (χ0) is 13.8. The molecule has 3 heteroatoms. The summed E-state index contributed by atoms with van der Waals surface area (Å²) in [5.41, 5.74) is 3.37. The van der Waals surface area contributed by atoms with Crippen LogP contribution in [0.25, 0.3) is 10.9 Å². The fourth-order valence-electron chi connectivity index (χ4n) is 2.36. The number of para-hydroxylation sites is 1. The van der Waals surface area contributed by atoms with Gasteiger partial charge in [0.15, 0.2) is 0 Å². The van der Waals surface area contributed by atoms with Gasteiger partial charge in [0.05, 0.1) is 5.52 Å². The van der Waals surface area contributed by atoms with Gasteiger partial charge in [-0.15, -0.1) is 0 Å². The van der Waals surface area contributed by atoms with Gasteiger partial charge in [-0.1, -0.05) is 24.3 Å². The zero-order valence-corrected chi connectivity index (χ0v) is 11.5. The van der Waals surface area contributed by atoms with Crippen LogP contribution in [-0.4, -0.2) is 16.5 Å². The van der Waals surface area contributed by atoms with Crippen LogP contribution in [-0.2, 0) is 6.42 Å². The van der Waals surface area contributed by atoms with Crippen LogP contribution in [0.2, 0.25) is 0 Å². The second kappa shape index (κ2) is 5.70. The van der Waals surface area contributed by atoms with E-state index < -0.39 is 0 Å². The molecule has 0 amide bonds. The van der Waals surface area contributed by atoms with Crippen molar-refractivity contribution < 1.29 is 0 Å². The van der Waals surface area contributed by atoms with Gasteiger partial charge < -0.3 is 5.32 Å². The van der Waals surface area contributed by atoms with E-state index in [9.17, 15) is 0 Å². The number of benzene rings is 1. The Bertz CT molecular complexity index is 717. The smallest absolute Gasteiger partial charge is 0.126 e. The standard InChI is InChI=1S/C17H17N3/c1-2-18-17-9-5-6-14(20-17)12-13-10-11-19-16-8-4-3-7-15(13)16/h3-11H,2,12H2,1H3,(H,18,20). The molecule has 0 atom stereocenters. The number of nitrogens with one attached hydrogen (secondary N) is 1. The van der Waals surface area contributed by atoms with Crippen LogP contribution in [0, 0.1) is 0 Å². The second-order valence-electron chi connectivity index (χ2n) is 4.71. The monoisotopic (exact) mass is 263 g/mol. The van der Waals surface area contributed by atoms with E-state index in [1.807, 2.05) is 30.5 Å². The average molecular weight is 263 g/mol. The minimum atomic E-state index is 0.822. The summed E-state index contributed by atoms with van der Waals surface area (Å²) in [6, 6.07) is 16.4. The molecule has 1 N–H and O–H groups in total. The van der Waals surface area contributed by atoms with Crippen molar-refractivity contribution in [3.63, 3.8) is 0 Å². The molecule has 3 nitrogen and oxygen atoms in total. The predicted molar refractivity (Wildman–Crippen MR) is 82.9 cm³/mol. The molecule has 3 aromatic rings. The number of fused-ring (bicyclic) bond motifs is 1. The van der Waals surface area contributed by atoms with Gasteiger partial charge in [0, 0.05) is 30.2 Å². The first-order valence-corrected chi connectivity index (χ1v) is 6.89. The summed E-state index contributed by atoms with van der Waals surface area (Å²) in [4.78, 5) is 9.03. The maximum Gasteiger partial charge on any atom is 0.126 e. The lowest BCUT2D eigenvalue weighted by molar-refractivity contribution is 1.06. The molecule has 0 saturated carbocycles. The molecule has 0 fully saturated rings. The lowest BCUT2D eigenvalue weighted by Crippen LogP contribution is -2.01. The Morgan fingerprint density at radius 3 is 2.80 bits per heavy atom. The molecule has 20 heavy (non-hydrogen) atoms. The van der Waals surface area contributed by atoms with Gasteiger partial charge in [-0.05, 0) is 36.8 Å². The highest BCUT2D eigenvalue weighted by molar-refractivity contribution is 5.82. The van der Waals surface area contributed by atoms with Gasteiger partial charge >= 0.3 is 0 Å². The number of hydrogen-bond donors (Lipinski definition) is 1. The van der Waals surface area contributed by atoms with Gasteiger partial charge in [-0.3, -0.25) is 4.98 Å². The quantitative estimate of drug-likeness (QED) is 0.780. The molecule has 3 rings (SSSR count). The van der Waals surface area contributed by atoms with Gasteiger partial charge in [0.2, 0.25) is 0 Å². The zero-order valence-electron chi connectivity index (χ0n) is 11.5. The third-order valence-electron chi connectivity index (χ3n) is 3.28. The maximum atomic E-state index is 4.63. The third kappa shape index (κ3) is 2.62. The fraction of sp³-hybridized carbons (Fsp3) is 0.176. The number of rotatable bonds is 4. The van der Waals surface area contributed by atoms with E-state index in [1.54, 1.807) is 0 Å². The van der Waals surface area contributed by atoms with Crippen molar-refractivity contribution in [3.8, 4) is 0 Å². The molecule has 0 saturated heterocycles. The summed E-state index contributed by atoms with van der Waals surface area (Å²) < 4.78 is 0. The first-order valence-electron chi connectivity index (χ1n) is 6.89. The van der Waals surface area contributed by atoms with E-state index in [0.29, 0.717) is 0 Å². The fourth-order valence-corrected chi connectivity index (χ4v) is 2.36. The first kappa shape index (κ1) is 12.6. The Balaban J connectivity index is 1.95. The summed E-state index contributed by atoms with van der Waals surface area (Å²) in [6.07, 6.45) is 2.69. The summed E-state index contributed by atoms with van der Waals surface area (Å²) in [7, 11) is 0. The Kier molecular flexibility index (Phi) is 3.59. The van der Waals surface area contributed by atoms with Crippen molar-refractivity contribution in [1.29, 1.82) is 0 Å². The highest BCUT2D eigenvalue weighted by Gasteiger charge is 2.04. The van der Waals surface area contributed by atoms with Crippen LogP contribution in [0.15, 0.2) is 54.7 Å². The lowest BCUT2D eigenvalue weighted by atomic mass is 10.0. The molecule has 0 aliphatic heterocycles. The van der Waals surface area contributed by atoms with Gasteiger partial charge in [-0.25, -0.2) is 4.98 Å². The Hall–Kier alpha value is -2.42. The highest BCUT2D eigenvalue weighted by Crippen LogP contribution is 2.19. The van der Waals surface area contributed by atoms with Crippen molar-refractivity contribution in [1.82, 2.24) is 9.97 Å². The molecule has 0 aliphatic rings. The number of nitrogens with zero attached hydrogens (tertiary/aromatic N) is 2. The summed E-state index contributed by atoms with van der Waals surface area (Å²) in [5.74, 6) is 0.934. The summed E-state index contributed by atoms with van der Waals surface area (Å²) >= 11 is 0. The molecule has 0 spiro atoms. The van der Waals surface area contributed by atoms with Gasteiger partial charge in [0.25, 0.3) is 0 Å². The molecule has 1 aromatic carbocycles. The van der Waals surface area contributed by atoms with E-state index in [-0.39, 0.29) is 0 Å². The Morgan fingerprint density at radius 2 is 1.90 bits per heavy atom. The normalized spacial score (nSPS) is 10.7. The molecule has 0 unspecified atom stereocenters. The lowest BCUT2D eigenvalue weighted by Gasteiger charge is -2.07. The topological polar surface area (TPSA) is 37.8 Å². The minimum absolute atomic E-state index is 0.822. The van der Waals surface area contributed by atoms with E-state index >= 15 is 0 Å². The SMILES string of the molecule is CCNc1cccc(Cc2ccnc3ccccc23)n1. The summed E-state index contributed by atoms with van der Waals surface area (Å²) in [5, 5.41) is 4.45. The van der Waals surface area contributed by atoms with Crippen molar-refractivity contribution >= 4 is 16.7 Å². The van der Waals surface area contributed by atoms with Crippen LogP contribution in [0.5, 0.6) is 0 Å². The largest absolute Gasteiger partial charge is 0.370 e. The molecule has 0 bridgehead atoms. The molecular weight excluding hydrogens is 246 g/mol. The number of anilines is 1. The third-order valence-corrected chi connectivity index (χ3v) is 3.28. The first-order chi connectivity index (χ1) is 9.86. The minimum Gasteiger partial charge on any atom is -0.370 e. The molecular formula is C17H17N3. The number of aromatic nitrogens is 2. The predicted octanol–water partition coefficient (Wildman–Crippen LogP) is 3.65. The average Bonchev–Trinajstić information content (AvgIpc) is 2.48. The molecule has 0 radical (unpaired) electrons. The van der Waals surface area contributed by atoms with Crippen LogP contribution >= 0.6 is 0 Å². The van der Waals surface area contributed by atoms with Gasteiger partial charge in [-0.2, -0.15) is 0 Å². The van der Waals surface area contributed by atoms with Crippen molar-refractivity contribution in [3.05, 3.63) is 66.0 Å². The van der Waals surface area contributed by atoms with E-state index in [1.165, 1.54) is 10.9 Å². The highest BCUT2D eigenvalue weighted by atomic mass is 15.0. The van der Waals surface area contributed by atoms with Crippen LogP contribution in [0.1, 0.15) is 18.2 Å². The van der Waals surface area contributed by atoms with E-state index in [0.717, 1.165) is 30.0 Å². The van der Waals surface area contributed by atoms with Crippen LogP contribution in [0.3, 0.4) is 0 Å². The molecule has 0 aliphatic carbocycles. The Morgan fingerprint density at radius 1 is 1.00 bits per heavy atom. The maximum absolute atomic E-state index is 4.63. The van der Waals surface area contributed by atoms with Crippen LogP contribution < -0.4 is 5.32 Å². The van der Waals surface area contributed by atoms with Gasteiger partial charge in [0.1, 0.15) is 5.82 Å². The number of pyridine rings is 2. The second-order valence-corrected chi connectivity index (χ2v) is 4.71. The number of hydrogen-bond acceptors (Lipinski definition) is 3. The van der Waals surface area contributed by atoms with E-state index in [2.05, 4.69) is 46.5 Å². The van der Waals surface area contributed by atoms with Crippen molar-refractivity contribution in [2.24, 2.45) is 0 Å². The molecule has 2 heterocycles. The van der Waals surface area contributed by atoms with Crippen LogP contribution in [0.4, 0.5) is 5.82 Å². The Labute approximate surface area is 118 Å². The molecule has 100 valence electrons.